The Balaban J connectivity index is 2.43. The third kappa shape index (κ3) is 5.06. The minimum Gasteiger partial charge on any atom is -0.480 e. The molecule has 0 aromatic heterocycles. The molecule has 0 bridgehead atoms. The van der Waals surface area contributed by atoms with Crippen LogP contribution in [0.3, 0.4) is 0 Å². The number of carbonyl (C=O) groups is 2. The van der Waals surface area contributed by atoms with Crippen molar-refractivity contribution in [3.05, 3.63) is 0 Å². The van der Waals surface area contributed by atoms with E-state index in [1.165, 1.54) is 0 Å². The highest BCUT2D eigenvalue weighted by atomic mass is 16.6. The SMILES string of the molecule is C[C@H]1C[C@@H]1CC(NC(=O)OC(C)(C)C)C(=O)O. The molecule has 0 aromatic rings. The Morgan fingerprint density at radius 2 is 2.00 bits per heavy atom. The van der Waals surface area contributed by atoms with E-state index >= 15 is 0 Å². The number of alkyl carbamates (subject to hydrolysis) is 1. The number of rotatable bonds is 4. The van der Waals surface area contributed by atoms with Crippen LogP contribution in [0.2, 0.25) is 0 Å². The zero-order valence-electron chi connectivity index (χ0n) is 10.8. The van der Waals surface area contributed by atoms with Crippen LogP contribution in [0.1, 0.15) is 40.5 Å². The van der Waals surface area contributed by atoms with Gasteiger partial charge in [-0.2, -0.15) is 0 Å². The minimum atomic E-state index is -1.00. The van der Waals surface area contributed by atoms with Crippen LogP contribution in [0.15, 0.2) is 0 Å². The van der Waals surface area contributed by atoms with Gasteiger partial charge in [0.25, 0.3) is 0 Å². The maximum Gasteiger partial charge on any atom is 0.408 e. The van der Waals surface area contributed by atoms with Gasteiger partial charge >= 0.3 is 12.1 Å². The monoisotopic (exact) mass is 243 g/mol. The maximum atomic E-state index is 11.5. The zero-order chi connectivity index (χ0) is 13.2. The van der Waals surface area contributed by atoms with Crippen molar-refractivity contribution in [3.63, 3.8) is 0 Å². The van der Waals surface area contributed by atoms with Crippen molar-refractivity contribution in [3.8, 4) is 0 Å². The predicted octanol–water partition coefficient (Wildman–Crippen LogP) is 2.01. The van der Waals surface area contributed by atoms with Crippen molar-refractivity contribution in [2.24, 2.45) is 11.8 Å². The summed E-state index contributed by atoms with van der Waals surface area (Å²) in [7, 11) is 0. The van der Waals surface area contributed by atoms with Gasteiger partial charge in [0, 0.05) is 0 Å². The van der Waals surface area contributed by atoms with E-state index in [1.54, 1.807) is 20.8 Å². The minimum absolute atomic E-state index is 0.408. The van der Waals surface area contributed by atoms with E-state index in [9.17, 15) is 9.59 Å². The molecule has 3 atom stereocenters. The molecule has 1 aliphatic rings. The molecule has 17 heavy (non-hydrogen) atoms. The number of carbonyl (C=O) groups excluding carboxylic acids is 1. The molecular formula is C12H21NO4. The Hall–Kier alpha value is -1.26. The molecule has 5 nitrogen and oxygen atoms in total. The number of hydrogen-bond donors (Lipinski definition) is 2. The fourth-order valence-electron chi connectivity index (χ4n) is 1.70. The van der Waals surface area contributed by atoms with E-state index in [0.717, 1.165) is 6.42 Å². The Bertz CT molecular complexity index is 308. The molecule has 0 aliphatic heterocycles. The molecule has 0 saturated heterocycles. The molecule has 0 spiro atoms. The van der Waals surface area contributed by atoms with E-state index in [2.05, 4.69) is 12.2 Å². The lowest BCUT2D eigenvalue weighted by molar-refractivity contribution is -0.139. The van der Waals surface area contributed by atoms with Gasteiger partial charge in [-0.15, -0.1) is 0 Å². The summed E-state index contributed by atoms with van der Waals surface area (Å²) in [4.78, 5) is 22.5. The van der Waals surface area contributed by atoms with E-state index in [0.29, 0.717) is 18.3 Å². The average molecular weight is 243 g/mol. The van der Waals surface area contributed by atoms with Crippen LogP contribution >= 0.6 is 0 Å². The number of amides is 1. The highest BCUT2D eigenvalue weighted by Crippen LogP contribution is 2.41. The summed E-state index contributed by atoms with van der Waals surface area (Å²) in [5.41, 5.74) is -0.611. The normalized spacial score (nSPS) is 24.9. The fourth-order valence-corrected chi connectivity index (χ4v) is 1.70. The molecule has 0 aromatic carbocycles. The summed E-state index contributed by atoms with van der Waals surface area (Å²) in [5, 5.41) is 11.4. The van der Waals surface area contributed by atoms with Crippen LogP contribution in [0.25, 0.3) is 0 Å². The van der Waals surface area contributed by atoms with Crippen LogP contribution in [0.4, 0.5) is 4.79 Å². The van der Waals surface area contributed by atoms with Gasteiger partial charge in [0.1, 0.15) is 11.6 Å². The van der Waals surface area contributed by atoms with Gasteiger partial charge in [0.15, 0.2) is 0 Å². The van der Waals surface area contributed by atoms with Crippen LogP contribution in [-0.2, 0) is 9.53 Å². The molecule has 5 heteroatoms. The second-order valence-electron chi connectivity index (χ2n) is 5.75. The van der Waals surface area contributed by atoms with Crippen molar-refractivity contribution in [2.45, 2.75) is 52.2 Å². The average Bonchev–Trinajstić information content (AvgIpc) is 2.76. The Labute approximate surface area is 102 Å². The summed E-state index contributed by atoms with van der Waals surface area (Å²) < 4.78 is 5.03. The Morgan fingerprint density at radius 1 is 1.47 bits per heavy atom. The first-order valence-electron chi connectivity index (χ1n) is 5.91. The molecule has 2 N–H and O–H groups in total. The second-order valence-corrected chi connectivity index (χ2v) is 5.75. The highest BCUT2D eigenvalue weighted by Gasteiger charge is 2.37. The number of hydrogen-bond acceptors (Lipinski definition) is 3. The van der Waals surface area contributed by atoms with Gasteiger partial charge in [-0.1, -0.05) is 6.92 Å². The fraction of sp³-hybridized carbons (Fsp3) is 0.833. The van der Waals surface area contributed by atoms with E-state index < -0.39 is 23.7 Å². The summed E-state index contributed by atoms with van der Waals surface area (Å²) in [6.45, 7) is 7.30. The highest BCUT2D eigenvalue weighted by molar-refractivity contribution is 5.80. The lowest BCUT2D eigenvalue weighted by atomic mass is 10.1. The summed E-state index contributed by atoms with van der Waals surface area (Å²) in [6.07, 6.45) is 0.855. The molecule has 0 heterocycles. The first-order valence-corrected chi connectivity index (χ1v) is 5.91. The van der Waals surface area contributed by atoms with Gasteiger partial charge in [-0.25, -0.2) is 9.59 Å². The van der Waals surface area contributed by atoms with Crippen LogP contribution in [0.5, 0.6) is 0 Å². The lowest BCUT2D eigenvalue weighted by Crippen LogP contribution is -2.43. The Kier molecular flexibility index (Phi) is 4.01. The molecule has 1 fully saturated rings. The predicted molar refractivity (Wildman–Crippen MR) is 62.7 cm³/mol. The zero-order valence-corrected chi connectivity index (χ0v) is 10.8. The summed E-state index contributed by atoms with van der Waals surface area (Å²) >= 11 is 0. The molecule has 1 rings (SSSR count). The van der Waals surface area contributed by atoms with Gasteiger partial charge in [-0.3, -0.25) is 0 Å². The van der Waals surface area contributed by atoms with Crippen molar-refractivity contribution in [1.29, 1.82) is 0 Å². The van der Waals surface area contributed by atoms with Crippen molar-refractivity contribution in [1.82, 2.24) is 5.32 Å². The van der Waals surface area contributed by atoms with Gasteiger partial charge in [0.05, 0.1) is 0 Å². The molecule has 1 aliphatic carbocycles. The quantitative estimate of drug-likeness (QED) is 0.792. The first kappa shape index (κ1) is 13.8. The molecule has 1 amide bonds. The number of ether oxygens (including phenoxy) is 1. The van der Waals surface area contributed by atoms with Crippen LogP contribution in [0, 0.1) is 11.8 Å². The number of carboxylic acid groups (broad SMARTS) is 1. The van der Waals surface area contributed by atoms with E-state index in [-0.39, 0.29) is 0 Å². The standard InChI is InChI=1S/C12H21NO4/c1-7-5-8(7)6-9(10(14)15)13-11(16)17-12(2,3)4/h7-9H,5-6H2,1-4H3,(H,13,16)(H,14,15)/t7-,8+,9?/m0/s1. The van der Waals surface area contributed by atoms with Crippen molar-refractivity contribution >= 4 is 12.1 Å². The Morgan fingerprint density at radius 3 is 2.35 bits per heavy atom. The van der Waals surface area contributed by atoms with Crippen LogP contribution in [-0.4, -0.2) is 28.8 Å². The second kappa shape index (κ2) is 4.94. The largest absolute Gasteiger partial charge is 0.480 e. The van der Waals surface area contributed by atoms with E-state index in [4.69, 9.17) is 9.84 Å². The van der Waals surface area contributed by atoms with Gasteiger partial charge < -0.3 is 15.2 Å². The molecule has 0 radical (unpaired) electrons. The van der Waals surface area contributed by atoms with E-state index in [1.807, 2.05) is 0 Å². The third-order valence-corrected chi connectivity index (χ3v) is 2.80. The summed E-state index contributed by atoms with van der Waals surface area (Å²) in [6, 6.07) is -0.847. The number of carboxylic acids is 1. The van der Waals surface area contributed by atoms with Crippen molar-refractivity contribution < 1.29 is 19.4 Å². The molecule has 98 valence electrons. The first-order chi connectivity index (χ1) is 7.69. The topological polar surface area (TPSA) is 75.6 Å². The lowest BCUT2D eigenvalue weighted by Gasteiger charge is -2.22. The molecule has 1 saturated carbocycles. The number of aliphatic carboxylic acids is 1. The number of nitrogens with one attached hydrogen (secondary N) is 1. The summed E-state index contributed by atoms with van der Waals surface area (Å²) in [5.74, 6) is -0.0294. The third-order valence-electron chi connectivity index (χ3n) is 2.80. The van der Waals surface area contributed by atoms with Gasteiger partial charge in [-0.05, 0) is 45.4 Å². The smallest absolute Gasteiger partial charge is 0.408 e. The molecule has 1 unspecified atom stereocenters. The van der Waals surface area contributed by atoms with Crippen LogP contribution < -0.4 is 5.32 Å². The molecular weight excluding hydrogens is 222 g/mol. The van der Waals surface area contributed by atoms with Crippen molar-refractivity contribution in [2.75, 3.05) is 0 Å². The van der Waals surface area contributed by atoms with Gasteiger partial charge in [0.2, 0.25) is 0 Å². The maximum absolute atomic E-state index is 11.5.